The second-order valence-corrected chi connectivity index (χ2v) is 6.15. The lowest BCUT2D eigenvalue weighted by atomic mass is 10.1. The summed E-state index contributed by atoms with van der Waals surface area (Å²) < 4.78 is 0. The second-order valence-electron chi connectivity index (χ2n) is 6.15. The summed E-state index contributed by atoms with van der Waals surface area (Å²) in [7, 11) is 0. The van der Waals surface area contributed by atoms with E-state index in [2.05, 4.69) is 17.5 Å². The standard InChI is InChI=1S/C18H22N2O3/c21-14(11-19-13-7-3-1-2-4-8-13)12-20-17(22)15-9-5-6-10-16(15)18(20)23/h1-2,5-6,9-10,13-14,19,21H,3-4,7-8,11-12H2. The van der Waals surface area contributed by atoms with E-state index >= 15 is 0 Å². The number of benzene rings is 1. The van der Waals surface area contributed by atoms with Crippen molar-refractivity contribution in [3.63, 3.8) is 0 Å². The third-order valence-corrected chi connectivity index (χ3v) is 4.44. The van der Waals surface area contributed by atoms with Gasteiger partial charge in [-0.05, 0) is 37.8 Å². The van der Waals surface area contributed by atoms with Crippen LogP contribution in [0.4, 0.5) is 0 Å². The maximum Gasteiger partial charge on any atom is 0.261 e. The van der Waals surface area contributed by atoms with E-state index in [4.69, 9.17) is 0 Å². The Morgan fingerprint density at radius 2 is 1.65 bits per heavy atom. The van der Waals surface area contributed by atoms with Crippen molar-refractivity contribution >= 4 is 11.8 Å². The molecule has 5 heteroatoms. The van der Waals surface area contributed by atoms with E-state index in [-0.39, 0.29) is 18.4 Å². The van der Waals surface area contributed by atoms with Gasteiger partial charge in [0.15, 0.2) is 0 Å². The first kappa shape index (κ1) is 15.9. The zero-order valence-electron chi connectivity index (χ0n) is 13.1. The summed E-state index contributed by atoms with van der Waals surface area (Å²) in [6.45, 7) is 0.419. The number of rotatable bonds is 5. The number of carbonyl (C=O) groups is 2. The number of aliphatic hydroxyl groups excluding tert-OH is 1. The fraction of sp³-hybridized carbons (Fsp3) is 0.444. The third kappa shape index (κ3) is 3.51. The Hall–Kier alpha value is -1.98. The highest BCUT2D eigenvalue weighted by atomic mass is 16.3. The van der Waals surface area contributed by atoms with Crippen LogP contribution >= 0.6 is 0 Å². The quantitative estimate of drug-likeness (QED) is 0.641. The van der Waals surface area contributed by atoms with Gasteiger partial charge in [-0.1, -0.05) is 24.3 Å². The van der Waals surface area contributed by atoms with Gasteiger partial charge in [-0.2, -0.15) is 0 Å². The van der Waals surface area contributed by atoms with Crippen molar-refractivity contribution in [1.29, 1.82) is 0 Å². The van der Waals surface area contributed by atoms with E-state index in [1.54, 1.807) is 24.3 Å². The predicted molar refractivity (Wildman–Crippen MR) is 87.2 cm³/mol. The van der Waals surface area contributed by atoms with Crippen LogP contribution in [-0.2, 0) is 0 Å². The van der Waals surface area contributed by atoms with Gasteiger partial charge < -0.3 is 10.4 Å². The molecule has 0 saturated heterocycles. The molecule has 2 aliphatic rings. The molecule has 1 aliphatic heterocycles. The summed E-state index contributed by atoms with van der Waals surface area (Å²) in [5, 5.41) is 13.5. The Balaban J connectivity index is 1.53. The van der Waals surface area contributed by atoms with E-state index < -0.39 is 6.10 Å². The van der Waals surface area contributed by atoms with Crippen LogP contribution in [0.5, 0.6) is 0 Å². The maximum atomic E-state index is 12.3. The van der Waals surface area contributed by atoms with Gasteiger partial charge in [0.1, 0.15) is 0 Å². The predicted octanol–water partition coefficient (Wildman–Crippen LogP) is 1.73. The summed E-state index contributed by atoms with van der Waals surface area (Å²) in [6, 6.07) is 7.16. The number of nitrogens with zero attached hydrogens (tertiary/aromatic N) is 1. The minimum Gasteiger partial charge on any atom is -0.390 e. The zero-order chi connectivity index (χ0) is 16.2. The molecule has 1 atom stereocenters. The molecule has 1 aromatic carbocycles. The molecule has 5 nitrogen and oxygen atoms in total. The van der Waals surface area contributed by atoms with Crippen molar-refractivity contribution in [1.82, 2.24) is 10.2 Å². The summed E-state index contributed by atoms with van der Waals surface area (Å²) in [5.74, 6) is -0.633. The van der Waals surface area contributed by atoms with Crippen molar-refractivity contribution in [2.75, 3.05) is 13.1 Å². The molecule has 1 aromatic rings. The lowest BCUT2D eigenvalue weighted by molar-refractivity contribution is 0.0540. The first-order valence-electron chi connectivity index (χ1n) is 8.18. The number of nitrogens with one attached hydrogen (secondary N) is 1. The van der Waals surface area contributed by atoms with E-state index in [0.29, 0.717) is 23.7 Å². The molecule has 0 fully saturated rings. The molecule has 1 aliphatic carbocycles. The Kier molecular flexibility index (Phi) is 4.88. The van der Waals surface area contributed by atoms with Gasteiger partial charge in [-0.25, -0.2) is 0 Å². The van der Waals surface area contributed by atoms with E-state index in [9.17, 15) is 14.7 Å². The van der Waals surface area contributed by atoms with Crippen LogP contribution in [0.25, 0.3) is 0 Å². The van der Waals surface area contributed by atoms with Gasteiger partial charge in [0.05, 0.1) is 23.8 Å². The Bertz CT molecular complexity index is 581. The molecule has 1 unspecified atom stereocenters. The minimum atomic E-state index is -0.756. The molecule has 2 amide bonds. The Morgan fingerprint density at radius 3 is 2.22 bits per heavy atom. The molecule has 3 rings (SSSR count). The summed E-state index contributed by atoms with van der Waals surface area (Å²) >= 11 is 0. The molecular formula is C18H22N2O3. The second kappa shape index (κ2) is 7.06. The topological polar surface area (TPSA) is 69.6 Å². The highest BCUT2D eigenvalue weighted by Gasteiger charge is 2.36. The largest absolute Gasteiger partial charge is 0.390 e. The van der Waals surface area contributed by atoms with E-state index in [1.807, 2.05) is 0 Å². The van der Waals surface area contributed by atoms with Crippen molar-refractivity contribution in [2.24, 2.45) is 0 Å². The molecule has 0 aromatic heterocycles. The van der Waals surface area contributed by atoms with Gasteiger partial charge in [0.25, 0.3) is 11.8 Å². The van der Waals surface area contributed by atoms with E-state index in [0.717, 1.165) is 30.6 Å². The van der Waals surface area contributed by atoms with E-state index in [1.165, 1.54) is 0 Å². The normalized spacial score (nSPS) is 19.8. The SMILES string of the molecule is O=C1c2ccccc2C(=O)N1CC(O)CNC1CCC=CCC1. The molecule has 122 valence electrons. The number of aliphatic hydroxyl groups is 1. The van der Waals surface area contributed by atoms with Crippen LogP contribution in [0.1, 0.15) is 46.4 Å². The monoisotopic (exact) mass is 314 g/mol. The van der Waals surface area contributed by atoms with Gasteiger partial charge >= 0.3 is 0 Å². The number of β-amino-alcohol motifs (C(OH)–C–C–N with tert-alkyl or cyclic N) is 1. The van der Waals surface area contributed by atoms with Crippen molar-refractivity contribution < 1.29 is 14.7 Å². The minimum absolute atomic E-state index is 0.0321. The Labute approximate surface area is 136 Å². The smallest absolute Gasteiger partial charge is 0.261 e. The first-order chi connectivity index (χ1) is 11.2. The van der Waals surface area contributed by atoms with Crippen LogP contribution in [-0.4, -0.2) is 47.1 Å². The summed E-state index contributed by atoms with van der Waals surface area (Å²) in [6.07, 6.45) is 7.83. The fourth-order valence-corrected chi connectivity index (χ4v) is 3.16. The van der Waals surface area contributed by atoms with Gasteiger partial charge in [-0.15, -0.1) is 0 Å². The van der Waals surface area contributed by atoms with Crippen LogP contribution in [0.2, 0.25) is 0 Å². The van der Waals surface area contributed by atoms with Gasteiger partial charge in [0, 0.05) is 12.6 Å². The number of amides is 2. The van der Waals surface area contributed by atoms with Crippen molar-refractivity contribution in [3.05, 3.63) is 47.5 Å². The average molecular weight is 314 g/mol. The molecule has 1 heterocycles. The van der Waals surface area contributed by atoms with Crippen LogP contribution in [0.3, 0.4) is 0 Å². The number of imide groups is 1. The Morgan fingerprint density at radius 1 is 1.09 bits per heavy atom. The highest BCUT2D eigenvalue weighted by Crippen LogP contribution is 2.22. The molecule has 23 heavy (non-hydrogen) atoms. The third-order valence-electron chi connectivity index (χ3n) is 4.44. The molecule has 0 spiro atoms. The fourth-order valence-electron chi connectivity index (χ4n) is 3.16. The molecule has 0 saturated carbocycles. The molecular weight excluding hydrogens is 292 g/mol. The zero-order valence-corrected chi connectivity index (χ0v) is 13.1. The maximum absolute atomic E-state index is 12.3. The average Bonchev–Trinajstić information content (AvgIpc) is 2.77. The molecule has 0 radical (unpaired) electrons. The molecule has 0 bridgehead atoms. The lowest BCUT2D eigenvalue weighted by Crippen LogP contribution is -2.43. The van der Waals surface area contributed by atoms with Crippen molar-refractivity contribution in [3.8, 4) is 0 Å². The van der Waals surface area contributed by atoms with Crippen LogP contribution < -0.4 is 5.32 Å². The van der Waals surface area contributed by atoms with Gasteiger partial charge in [-0.3, -0.25) is 14.5 Å². The molecule has 2 N–H and O–H groups in total. The lowest BCUT2D eigenvalue weighted by Gasteiger charge is -2.22. The van der Waals surface area contributed by atoms with Crippen LogP contribution in [0, 0.1) is 0 Å². The number of carbonyl (C=O) groups excluding carboxylic acids is 2. The summed E-state index contributed by atoms with van der Waals surface area (Å²) in [5.41, 5.74) is 0.847. The highest BCUT2D eigenvalue weighted by molar-refractivity contribution is 6.21. The van der Waals surface area contributed by atoms with Crippen molar-refractivity contribution in [2.45, 2.75) is 37.8 Å². The number of fused-ring (bicyclic) bond motifs is 1. The summed E-state index contributed by atoms with van der Waals surface area (Å²) in [4.78, 5) is 25.7. The first-order valence-corrected chi connectivity index (χ1v) is 8.18. The number of hydrogen-bond acceptors (Lipinski definition) is 4. The number of hydrogen-bond donors (Lipinski definition) is 2. The number of allylic oxidation sites excluding steroid dienone is 2. The van der Waals surface area contributed by atoms with Crippen LogP contribution in [0.15, 0.2) is 36.4 Å². The van der Waals surface area contributed by atoms with Gasteiger partial charge in [0.2, 0.25) is 0 Å².